The van der Waals surface area contributed by atoms with Crippen LogP contribution in [0.4, 0.5) is 5.69 Å². The molecule has 0 radical (unpaired) electrons. The molecular weight excluding hydrogens is 388 g/mol. The molecule has 146 valence electrons. The molecule has 0 aliphatic rings. The van der Waals surface area contributed by atoms with E-state index in [1.165, 1.54) is 28.2 Å². The van der Waals surface area contributed by atoms with Gasteiger partial charge in [-0.1, -0.05) is 35.9 Å². The second kappa shape index (κ2) is 7.21. The molecule has 0 spiro atoms. The quantitative estimate of drug-likeness (QED) is 0.370. The number of benzene rings is 2. The lowest BCUT2D eigenvalue weighted by Gasteiger charge is -2.11. The van der Waals surface area contributed by atoms with Crippen molar-refractivity contribution in [1.82, 2.24) is 14.8 Å². The number of fused-ring (bicyclic) bond motifs is 1. The van der Waals surface area contributed by atoms with E-state index in [1.807, 2.05) is 32.9 Å². The third-order valence-electron chi connectivity index (χ3n) is 4.70. The first kappa shape index (κ1) is 18.9. The third-order valence-corrected chi connectivity index (χ3v) is 5.68. The molecule has 0 fully saturated rings. The zero-order valence-corrected chi connectivity index (χ0v) is 17.0. The van der Waals surface area contributed by atoms with Crippen LogP contribution in [0.25, 0.3) is 21.5 Å². The van der Waals surface area contributed by atoms with E-state index in [1.54, 1.807) is 12.1 Å². The maximum atomic E-state index is 13.0. The minimum absolute atomic E-state index is 0.0178. The standard InChI is InChI=1S/C21H18N4O3S/c1-12-7-8-17(13(2)9-12)18-20-19(22-14(3)29-20)21(26)24(23-18)11-15-5-4-6-16(10-15)25(27)28/h4-10H,11H2,1-3H3. The van der Waals surface area contributed by atoms with Crippen molar-refractivity contribution in [3.8, 4) is 11.3 Å². The van der Waals surface area contributed by atoms with Gasteiger partial charge in [-0.3, -0.25) is 14.9 Å². The summed E-state index contributed by atoms with van der Waals surface area (Å²) in [5, 5.41) is 16.5. The highest BCUT2D eigenvalue weighted by molar-refractivity contribution is 7.19. The molecule has 2 heterocycles. The van der Waals surface area contributed by atoms with E-state index in [2.05, 4.69) is 16.1 Å². The fraction of sp³-hybridized carbons (Fsp3) is 0.190. The molecule has 0 N–H and O–H groups in total. The Kier molecular flexibility index (Phi) is 4.71. The first-order valence-electron chi connectivity index (χ1n) is 9.02. The molecule has 0 atom stereocenters. The summed E-state index contributed by atoms with van der Waals surface area (Å²) in [7, 11) is 0. The molecular formula is C21H18N4O3S. The van der Waals surface area contributed by atoms with Crippen molar-refractivity contribution >= 4 is 27.2 Å². The van der Waals surface area contributed by atoms with Gasteiger partial charge >= 0.3 is 0 Å². The lowest BCUT2D eigenvalue weighted by molar-refractivity contribution is -0.384. The van der Waals surface area contributed by atoms with Crippen LogP contribution in [0.3, 0.4) is 0 Å². The zero-order chi connectivity index (χ0) is 20.7. The van der Waals surface area contributed by atoms with Gasteiger partial charge in [-0.2, -0.15) is 5.10 Å². The van der Waals surface area contributed by atoms with Crippen molar-refractivity contribution in [3.63, 3.8) is 0 Å². The van der Waals surface area contributed by atoms with E-state index >= 15 is 0 Å². The summed E-state index contributed by atoms with van der Waals surface area (Å²) < 4.78 is 2.10. The van der Waals surface area contributed by atoms with Crippen molar-refractivity contribution in [3.05, 3.63) is 84.6 Å². The minimum atomic E-state index is -0.451. The average Bonchev–Trinajstić information content (AvgIpc) is 3.07. The van der Waals surface area contributed by atoms with E-state index in [4.69, 9.17) is 0 Å². The largest absolute Gasteiger partial charge is 0.294 e. The predicted octanol–water partition coefficient (Wildman–Crippen LogP) is 4.40. The van der Waals surface area contributed by atoms with Crippen LogP contribution in [0, 0.1) is 30.9 Å². The first-order valence-corrected chi connectivity index (χ1v) is 9.84. The number of rotatable bonds is 4. The predicted molar refractivity (Wildman–Crippen MR) is 114 cm³/mol. The Balaban J connectivity index is 1.91. The molecule has 0 bridgehead atoms. The van der Waals surface area contributed by atoms with E-state index in [0.717, 1.165) is 26.4 Å². The molecule has 0 amide bonds. The Morgan fingerprint density at radius 2 is 1.93 bits per heavy atom. The second-order valence-electron chi connectivity index (χ2n) is 6.97. The van der Waals surface area contributed by atoms with Gasteiger partial charge in [0, 0.05) is 17.7 Å². The van der Waals surface area contributed by atoms with Crippen LogP contribution in [0.15, 0.2) is 47.3 Å². The lowest BCUT2D eigenvalue weighted by Crippen LogP contribution is -2.24. The number of hydrogen-bond acceptors (Lipinski definition) is 6. The maximum absolute atomic E-state index is 13.0. The molecule has 2 aromatic heterocycles. The average molecular weight is 406 g/mol. The maximum Gasteiger partial charge on any atom is 0.294 e. The number of hydrogen-bond donors (Lipinski definition) is 0. The van der Waals surface area contributed by atoms with E-state index < -0.39 is 4.92 Å². The van der Waals surface area contributed by atoms with Crippen LogP contribution < -0.4 is 5.56 Å². The fourth-order valence-corrected chi connectivity index (χ4v) is 4.28. The van der Waals surface area contributed by atoms with Crippen LogP contribution in [0.2, 0.25) is 0 Å². The van der Waals surface area contributed by atoms with Crippen molar-refractivity contribution in [2.75, 3.05) is 0 Å². The van der Waals surface area contributed by atoms with Gasteiger partial charge in [-0.25, -0.2) is 9.67 Å². The molecule has 4 aromatic rings. The molecule has 29 heavy (non-hydrogen) atoms. The van der Waals surface area contributed by atoms with E-state index in [9.17, 15) is 14.9 Å². The SMILES string of the molecule is Cc1ccc(-c2nn(Cc3cccc([N+](=O)[O-])c3)c(=O)c3nc(C)sc23)c(C)c1. The van der Waals surface area contributed by atoms with E-state index in [0.29, 0.717) is 16.8 Å². The number of nitro groups is 1. The number of nitrogens with zero attached hydrogens (tertiary/aromatic N) is 4. The Labute approximate surface area is 170 Å². The highest BCUT2D eigenvalue weighted by atomic mass is 32.1. The van der Waals surface area contributed by atoms with Crippen molar-refractivity contribution in [2.45, 2.75) is 27.3 Å². The Hall–Kier alpha value is -3.39. The molecule has 0 aliphatic carbocycles. The lowest BCUT2D eigenvalue weighted by atomic mass is 10.0. The summed E-state index contributed by atoms with van der Waals surface area (Å²) in [5.41, 5.74) is 4.54. The van der Waals surface area contributed by atoms with Gasteiger partial charge < -0.3 is 0 Å². The molecule has 0 saturated heterocycles. The summed E-state index contributed by atoms with van der Waals surface area (Å²) in [6.07, 6.45) is 0. The van der Waals surface area contributed by atoms with Crippen LogP contribution in [0.5, 0.6) is 0 Å². The summed E-state index contributed by atoms with van der Waals surface area (Å²) in [5.74, 6) is 0. The van der Waals surface area contributed by atoms with Gasteiger partial charge in [0.2, 0.25) is 0 Å². The Morgan fingerprint density at radius 3 is 2.66 bits per heavy atom. The molecule has 7 nitrogen and oxygen atoms in total. The van der Waals surface area contributed by atoms with Gasteiger partial charge in [-0.15, -0.1) is 11.3 Å². The molecule has 4 rings (SSSR count). The highest BCUT2D eigenvalue weighted by Crippen LogP contribution is 2.31. The number of aryl methyl sites for hydroxylation is 3. The van der Waals surface area contributed by atoms with Crippen LogP contribution in [-0.4, -0.2) is 19.7 Å². The normalized spacial score (nSPS) is 11.1. The molecule has 0 unspecified atom stereocenters. The summed E-state index contributed by atoms with van der Waals surface area (Å²) in [6.45, 7) is 6.03. The van der Waals surface area contributed by atoms with Crippen LogP contribution in [-0.2, 0) is 6.54 Å². The number of non-ortho nitro benzene ring substituents is 1. The zero-order valence-electron chi connectivity index (χ0n) is 16.2. The van der Waals surface area contributed by atoms with Crippen molar-refractivity contribution in [2.24, 2.45) is 0 Å². The first-order chi connectivity index (χ1) is 13.8. The van der Waals surface area contributed by atoms with E-state index in [-0.39, 0.29) is 17.8 Å². The van der Waals surface area contributed by atoms with Gasteiger partial charge in [0.05, 0.1) is 21.2 Å². The molecule has 0 saturated carbocycles. The van der Waals surface area contributed by atoms with Crippen molar-refractivity contribution in [1.29, 1.82) is 0 Å². The summed E-state index contributed by atoms with van der Waals surface area (Å²) in [6, 6.07) is 12.3. The molecule has 2 aromatic carbocycles. The van der Waals surface area contributed by atoms with Gasteiger partial charge in [-0.05, 0) is 31.9 Å². The fourth-order valence-electron chi connectivity index (χ4n) is 3.37. The van der Waals surface area contributed by atoms with Gasteiger partial charge in [0.25, 0.3) is 11.2 Å². The van der Waals surface area contributed by atoms with Crippen LogP contribution in [0.1, 0.15) is 21.7 Å². The number of nitro benzene ring substituents is 1. The third kappa shape index (κ3) is 3.54. The van der Waals surface area contributed by atoms with Gasteiger partial charge in [0.15, 0.2) is 5.52 Å². The molecule has 8 heteroatoms. The Morgan fingerprint density at radius 1 is 1.14 bits per heavy atom. The van der Waals surface area contributed by atoms with Crippen molar-refractivity contribution < 1.29 is 4.92 Å². The monoisotopic (exact) mass is 406 g/mol. The summed E-state index contributed by atoms with van der Waals surface area (Å²) >= 11 is 1.45. The summed E-state index contributed by atoms with van der Waals surface area (Å²) in [4.78, 5) is 28.0. The second-order valence-corrected chi connectivity index (χ2v) is 8.17. The Bertz CT molecular complexity index is 1320. The number of thiazole rings is 1. The van der Waals surface area contributed by atoms with Crippen LogP contribution >= 0.6 is 11.3 Å². The van der Waals surface area contributed by atoms with Gasteiger partial charge in [0.1, 0.15) is 5.69 Å². The number of aromatic nitrogens is 3. The smallest absolute Gasteiger partial charge is 0.265 e. The topological polar surface area (TPSA) is 90.9 Å². The minimum Gasteiger partial charge on any atom is -0.265 e. The highest BCUT2D eigenvalue weighted by Gasteiger charge is 2.18. The molecule has 0 aliphatic heterocycles.